The standard InChI is InChI=1S/C24H21BrN2O5/c1-15-20(13-26)23(29)27(12-11-16-3-7-18(31-2)8-4-16)24(30)22(15)21(28)14-32-19-9-5-17(25)6-10-19/h3-10,30H,11-12,14H2,1-2H3. The molecule has 0 saturated heterocycles. The van der Waals surface area contributed by atoms with Crippen LogP contribution in [0.15, 0.2) is 57.8 Å². The highest BCUT2D eigenvalue weighted by molar-refractivity contribution is 9.10. The molecule has 1 heterocycles. The Morgan fingerprint density at radius 3 is 2.34 bits per heavy atom. The molecule has 1 aromatic heterocycles. The van der Waals surface area contributed by atoms with Gasteiger partial charge in [0.2, 0.25) is 11.7 Å². The van der Waals surface area contributed by atoms with Crippen molar-refractivity contribution in [1.82, 2.24) is 4.57 Å². The van der Waals surface area contributed by atoms with Gasteiger partial charge in [0, 0.05) is 11.0 Å². The first kappa shape index (κ1) is 23.1. The number of hydrogen-bond donors (Lipinski definition) is 1. The van der Waals surface area contributed by atoms with Gasteiger partial charge in [0.05, 0.1) is 12.7 Å². The van der Waals surface area contributed by atoms with Crippen LogP contribution >= 0.6 is 15.9 Å². The molecular formula is C24H21BrN2O5. The average molecular weight is 497 g/mol. The summed E-state index contributed by atoms with van der Waals surface area (Å²) in [6, 6.07) is 16.1. The number of carbonyl (C=O) groups is 1. The van der Waals surface area contributed by atoms with E-state index in [-0.39, 0.29) is 29.8 Å². The summed E-state index contributed by atoms with van der Waals surface area (Å²) in [7, 11) is 1.57. The summed E-state index contributed by atoms with van der Waals surface area (Å²) in [6.45, 7) is 1.22. The normalized spacial score (nSPS) is 10.4. The van der Waals surface area contributed by atoms with Crippen LogP contribution in [0.4, 0.5) is 0 Å². The molecule has 0 spiro atoms. The zero-order chi connectivity index (χ0) is 23.3. The van der Waals surface area contributed by atoms with Crippen molar-refractivity contribution in [3.63, 3.8) is 0 Å². The molecule has 8 heteroatoms. The van der Waals surface area contributed by atoms with Crippen LogP contribution in [-0.2, 0) is 13.0 Å². The molecule has 0 aliphatic rings. The van der Waals surface area contributed by atoms with E-state index in [2.05, 4.69) is 15.9 Å². The smallest absolute Gasteiger partial charge is 0.271 e. The Kier molecular flexibility index (Phi) is 7.33. The van der Waals surface area contributed by atoms with Gasteiger partial charge in [0.25, 0.3) is 5.56 Å². The maximum atomic E-state index is 12.9. The first-order chi connectivity index (χ1) is 15.3. The molecule has 32 heavy (non-hydrogen) atoms. The van der Waals surface area contributed by atoms with Crippen molar-refractivity contribution in [3.8, 4) is 23.4 Å². The summed E-state index contributed by atoms with van der Waals surface area (Å²) < 4.78 is 12.6. The maximum Gasteiger partial charge on any atom is 0.271 e. The molecule has 0 bridgehead atoms. The van der Waals surface area contributed by atoms with Crippen LogP contribution in [0.2, 0.25) is 0 Å². The minimum absolute atomic E-state index is 0.0898. The van der Waals surface area contributed by atoms with Crippen molar-refractivity contribution in [2.75, 3.05) is 13.7 Å². The number of nitriles is 1. The van der Waals surface area contributed by atoms with E-state index >= 15 is 0 Å². The van der Waals surface area contributed by atoms with Crippen LogP contribution in [0.1, 0.15) is 27.0 Å². The molecule has 3 rings (SSSR count). The van der Waals surface area contributed by atoms with Crippen LogP contribution in [-0.4, -0.2) is 29.2 Å². The number of methoxy groups -OCH3 is 1. The zero-order valence-corrected chi connectivity index (χ0v) is 19.2. The van der Waals surface area contributed by atoms with Crippen LogP contribution in [0.5, 0.6) is 17.4 Å². The van der Waals surface area contributed by atoms with Gasteiger partial charge in [-0.2, -0.15) is 5.26 Å². The highest BCUT2D eigenvalue weighted by Crippen LogP contribution is 2.24. The highest BCUT2D eigenvalue weighted by atomic mass is 79.9. The molecular weight excluding hydrogens is 476 g/mol. The largest absolute Gasteiger partial charge is 0.497 e. The van der Waals surface area contributed by atoms with Crippen molar-refractivity contribution < 1.29 is 19.4 Å². The van der Waals surface area contributed by atoms with Gasteiger partial charge in [-0.25, -0.2) is 0 Å². The number of pyridine rings is 1. The molecule has 0 saturated carbocycles. The number of benzene rings is 2. The van der Waals surface area contributed by atoms with Crippen LogP contribution in [0.25, 0.3) is 0 Å². The maximum absolute atomic E-state index is 12.9. The molecule has 0 aliphatic carbocycles. The van der Waals surface area contributed by atoms with Crippen molar-refractivity contribution in [2.45, 2.75) is 19.9 Å². The average Bonchev–Trinajstić information content (AvgIpc) is 2.79. The van der Waals surface area contributed by atoms with Crippen molar-refractivity contribution >= 4 is 21.7 Å². The Labute approximate surface area is 193 Å². The fourth-order valence-corrected chi connectivity index (χ4v) is 3.54. The quantitative estimate of drug-likeness (QED) is 0.472. The molecule has 0 radical (unpaired) electrons. The van der Waals surface area contributed by atoms with E-state index < -0.39 is 17.2 Å². The van der Waals surface area contributed by atoms with Gasteiger partial charge in [0.15, 0.2) is 6.61 Å². The van der Waals surface area contributed by atoms with Gasteiger partial charge in [-0.1, -0.05) is 28.1 Å². The lowest BCUT2D eigenvalue weighted by Gasteiger charge is -2.16. The number of aryl methyl sites for hydroxylation is 1. The van der Waals surface area contributed by atoms with E-state index in [4.69, 9.17) is 9.47 Å². The summed E-state index contributed by atoms with van der Waals surface area (Å²) in [4.78, 5) is 25.6. The zero-order valence-electron chi connectivity index (χ0n) is 17.6. The van der Waals surface area contributed by atoms with Crippen LogP contribution < -0.4 is 15.0 Å². The van der Waals surface area contributed by atoms with E-state index in [9.17, 15) is 20.0 Å². The van der Waals surface area contributed by atoms with E-state index in [1.165, 1.54) is 6.92 Å². The molecule has 7 nitrogen and oxygen atoms in total. The lowest BCUT2D eigenvalue weighted by atomic mass is 10.0. The third-order valence-electron chi connectivity index (χ3n) is 5.05. The molecule has 0 aliphatic heterocycles. The number of ether oxygens (including phenoxy) is 2. The monoisotopic (exact) mass is 496 g/mol. The third kappa shape index (κ3) is 5.01. The predicted molar refractivity (Wildman–Crippen MR) is 122 cm³/mol. The van der Waals surface area contributed by atoms with E-state index in [0.29, 0.717) is 17.9 Å². The second-order valence-electron chi connectivity index (χ2n) is 7.03. The van der Waals surface area contributed by atoms with Crippen molar-refractivity contribution in [2.24, 2.45) is 0 Å². The third-order valence-corrected chi connectivity index (χ3v) is 5.57. The predicted octanol–water partition coefficient (Wildman–Crippen LogP) is 4.01. The number of nitrogens with zero attached hydrogens (tertiary/aromatic N) is 2. The van der Waals surface area contributed by atoms with Gasteiger partial charge in [0.1, 0.15) is 23.1 Å². The molecule has 0 unspecified atom stereocenters. The van der Waals surface area contributed by atoms with Crippen LogP contribution in [0, 0.1) is 18.3 Å². The Morgan fingerprint density at radius 2 is 1.75 bits per heavy atom. The summed E-state index contributed by atoms with van der Waals surface area (Å²) in [6.07, 6.45) is 0.411. The topological polar surface area (TPSA) is 102 Å². The van der Waals surface area contributed by atoms with Gasteiger partial charge in [-0.3, -0.25) is 14.2 Å². The van der Waals surface area contributed by atoms with Crippen molar-refractivity contribution in [3.05, 3.63) is 85.6 Å². The Balaban J connectivity index is 1.88. The van der Waals surface area contributed by atoms with Crippen LogP contribution in [0.3, 0.4) is 0 Å². The van der Waals surface area contributed by atoms with Gasteiger partial charge in [-0.15, -0.1) is 0 Å². The van der Waals surface area contributed by atoms with Gasteiger partial charge >= 0.3 is 0 Å². The first-order valence-electron chi connectivity index (χ1n) is 9.76. The number of aromatic nitrogens is 1. The van der Waals surface area contributed by atoms with Crippen molar-refractivity contribution in [1.29, 1.82) is 5.26 Å². The fraction of sp³-hybridized carbons (Fsp3) is 0.208. The summed E-state index contributed by atoms with van der Waals surface area (Å²) >= 11 is 3.33. The molecule has 1 N–H and O–H groups in total. The van der Waals surface area contributed by atoms with Gasteiger partial charge < -0.3 is 14.6 Å². The Morgan fingerprint density at radius 1 is 1.12 bits per heavy atom. The Hall–Kier alpha value is -3.57. The number of Topliss-reactive ketones (excluding diaryl/α,β-unsaturated/α-hetero) is 1. The second kappa shape index (κ2) is 10.2. The minimum atomic E-state index is -0.638. The highest BCUT2D eigenvalue weighted by Gasteiger charge is 2.24. The molecule has 2 aromatic carbocycles. The number of rotatable bonds is 8. The molecule has 0 amide bonds. The second-order valence-corrected chi connectivity index (χ2v) is 7.95. The molecule has 0 fully saturated rings. The number of carbonyl (C=O) groups excluding carboxylic acids is 1. The summed E-state index contributed by atoms with van der Waals surface area (Å²) in [5.41, 5.74) is 0.140. The molecule has 164 valence electrons. The summed E-state index contributed by atoms with van der Waals surface area (Å²) in [5.74, 6) is 0.184. The molecule has 3 aromatic rings. The van der Waals surface area contributed by atoms with E-state index in [1.807, 2.05) is 18.2 Å². The summed E-state index contributed by atoms with van der Waals surface area (Å²) in [5, 5.41) is 20.3. The van der Waals surface area contributed by atoms with E-state index in [0.717, 1.165) is 14.6 Å². The number of ketones is 1. The molecule has 0 atom stereocenters. The SMILES string of the molecule is COc1ccc(CCn2c(O)c(C(=O)COc3ccc(Br)cc3)c(C)c(C#N)c2=O)cc1. The number of hydrogen-bond acceptors (Lipinski definition) is 6. The first-order valence-corrected chi connectivity index (χ1v) is 10.6. The fourth-order valence-electron chi connectivity index (χ4n) is 3.28. The lowest BCUT2D eigenvalue weighted by molar-refractivity contribution is 0.0916. The lowest BCUT2D eigenvalue weighted by Crippen LogP contribution is -2.28. The number of halogens is 1. The minimum Gasteiger partial charge on any atom is -0.497 e. The number of aromatic hydroxyl groups is 1. The Bertz CT molecular complexity index is 1230. The van der Waals surface area contributed by atoms with Gasteiger partial charge in [-0.05, 0) is 60.9 Å². The van der Waals surface area contributed by atoms with E-state index in [1.54, 1.807) is 43.5 Å².